The number of anilines is 1. The Kier molecular flexibility index (Phi) is 10.0. The molecular formula is C30H29ClN2O4S2. The molecule has 202 valence electrons. The largest absolute Gasteiger partial charge is 0.490 e. The minimum atomic E-state index is -0.319. The molecule has 0 aromatic heterocycles. The Morgan fingerprint density at radius 3 is 2.49 bits per heavy atom. The molecule has 6 nitrogen and oxygen atoms in total. The highest BCUT2D eigenvalue weighted by atomic mass is 35.5. The second-order valence-electron chi connectivity index (χ2n) is 8.72. The molecule has 0 unspecified atom stereocenters. The van der Waals surface area contributed by atoms with Gasteiger partial charge in [0, 0.05) is 12.2 Å². The summed E-state index contributed by atoms with van der Waals surface area (Å²) >= 11 is 13.3. The molecule has 0 spiro atoms. The van der Waals surface area contributed by atoms with E-state index in [2.05, 4.69) is 12.2 Å². The highest BCUT2D eigenvalue weighted by molar-refractivity contribution is 8.26. The Bertz CT molecular complexity index is 1380. The number of thioether (sulfide) groups is 1. The molecule has 1 N–H and O–H groups in total. The third-order valence-electron chi connectivity index (χ3n) is 5.96. The van der Waals surface area contributed by atoms with Gasteiger partial charge < -0.3 is 14.8 Å². The molecule has 9 heteroatoms. The van der Waals surface area contributed by atoms with E-state index in [1.807, 2.05) is 61.5 Å². The van der Waals surface area contributed by atoms with Gasteiger partial charge in [0.15, 0.2) is 18.1 Å². The molecule has 0 aliphatic carbocycles. The lowest BCUT2D eigenvalue weighted by atomic mass is 10.1. The lowest BCUT2D eigenvalue weighted by Gasteiger charge is -2.15. The molecule has 3 aromatic carbocycles. The molecule has 0 bridgehead atoms. The zero-order chi connectivity index (χ0) is 27.8. The number of carbonyl (C=O) groups excluding carboxylic acids is 2. The maximum atomic E-state index is 13.1. The fourth-order valence-electron chi connectivity index (χ4n) is 3.96. The van der Waals surface area contributed by atoms with E-state index in [4.69, 9.17) is 33.3 Å². The maximum Gasteiger partial charge on any atom is 0.266 e. The fraction of sp³-hybridized carbons (Fsp3) is 0.233. The summed E-state index contributed by atoms with van der Waals surface area (Å²) in [7, 11) is 0. The van der Waals surface area contributed by atoms with Crippen molar-refractivity contribution >= 4 is 63.5 Å². The number of hydrogen-bond donors (Lipinski definition) is 1. The van der Waals surface area contributed by atoms with Crippen molar-refractivity contribution in [1.82, 2.24) is 4.90 Å². The number of rotatable bonds is 11. The van der Waals surface area contributed by atoms with Crippen LogP contribution in [0.3, 0.4) is 0 Å². The highest BCUT2D eigenvalue weighted by Crippen LogP contribution is 2.39. The third kappa shape index (κ3) is 7.62. The Balaban J connectivity index is 1.44. The Labute approximate surface area is 243 Å². The van der Waals surface area contributed by atoms with Crippen molar-refractivity contribution in [2.75, 3.05) is 25.1 Å². The van der Waals surface area contributed by atoms with Gasteiger partial charge in [-0.1, -0.05) is 85.0 Å². The van der Waals surface area contributed by atoms with E-state index in [0.717, 1.165) is 12.0 Å². The van der Waals surface area contributed by atoms with Gasteiger partial charge in [-0.05, 0) is 66.8 Å². The van der Waals surface area contributed by atoms with Gasteiger partial charge in [0.05, 0.1) is 16.5 Å². The fourth-order valence-corrected chi connectivity index (χ4v) is 5.54. The van der Waals surface area contributed by atoms with Crippen LogP contribution in [0.25, 0.3) is 6.08 Å². The van der Waals surface area contributed by atoms with E-state index in [1.165, 1.54) is 17.3 Å². The van der Waals surface area contributed by atoms with Crippen LogP contribution in [-0.4, -0.2) is 40.8 Å². The molecule has 3 aromatic rings. The first kappa shape index (κ1) is 28.7. The Morgan fingerprint density at radius 1 is 1.05 bits per heavy atom. The second kappa shape index (κ2) is 13.6. The van der Waals surface area contributed by atoms with Gasteiger partial charge in [0.1, 0.15) is 4.32 Å². The van der Waals surface area contributed by atoms with Crippen LogP contribution in [0.15, 0.2) is 71.6 Å². The summed E-state index contributed by atoms with van der Waals surface area (Å²) in [5.74, 6) is 0.193. The number of hydrogen-bond acceptors (Lipinski definition) is 6. The van der Waals surface area contributed by atoms with Crippen LogP contribution in [0.2, 0.25) is 5.02 Å². The van der Waals surface area contributed by atoms with Gasteiger partial charge >= 0.3 is 0 Å². The summed E-state index contributed by atoms with van der Waals surface area (Å²) in [5.41, 5.74) is 3.68. The summed E-state index contributed by atoms with van der Waals surface area (Å²) in [6.07, 6.45) is 3.38. The molecule has 1 aliphatic rings. The van der Waals surface area contributed by atoms with Crippen LogP contribution in [0.1, 0.15) is 30.5 Å². The minimum absolute atomic E-state index is 0.140. The number of halogens is 1. The molecule has 0 radical (unpaired) electrons. The number of benzene rings is 3. The Hall–Kier alpha value is -3.33. The van der Waals surface area contributed by atoms with Crippen molar-refractivity contribution in [2.24, 2.45) is 0 Å². The molecule has 0 atom stereocenters. The standard InChI is InChI=1S/C30H29ClN2O4S2/c1-3-20-10-12-23(13-11-20)32-27(34)19-37-28-24(31)16-22(17-25(28)36-4-2)18-26-29(35)33(30(38)39-26)15-14-21-8-6-5-7-9-21/h5-13,16-18H,3-4,14-15,19H2,1-2H3,(H,32,34)/b26-18-. The van der Waals surface area contributed by atoms with Gasteiger partial charge in [-0.25, -0.2) is 0 Å². The number of nitrogens with zero attached hydrogens (tertiary/aromatic N) is 1. The molecule has 1 heterocycles. The van der Waals surface area contributed by atoms with Crippen molar-refractivity contribution in [2.45, 2.75) is 26.7 Å². The molecule has 39 heavy (non-hydrogen) atoms. The first-order valence-corrected chi connectivity index (χ1v) is 14.3. The van der Waals surface area contributed by atoms with E-state index in [-0.39, 0.29) is 29.2 Å². The predicted octanol–water partition coefficient (Wildman–Crippen LogP) is 6.76. The van der Waals surface area contributed by atoms with Crippen LogP contribution in [-0.2, 0) is 22.4 Å². The van der Waals surface area contributed by atoms with E-state index < -0.39 is 0 Å². The molecule has 1 aliphatic heterocycles. The van der Waals surface area contributed by atoms with Crippen molar-refractivity contribution in [3.8, 4) is 11.5 Å². The molecule has 2 amide bonds. The first-order valence-electron chi connectivity index (χ1n) is 12.6. The van der Waals surface area contributed by atoms with Gasteiger partial charge in [-0.3, -0.25) is 14.5 Å². The van der Waals surface area contributed by atoms with E-state index >= 15 is 0 Å². The summed E-state index contributed by atoms with van der Waals surface area (Å²) in [6, 6.07) is 21.0. The summed E-state index contributed by atoms with van der Waals surface area (Å²) < 4.78 is 12.0. The van der Waals surface area contributed by atoms with E-state index in [1.54, 1.807) is 23.1 Å². The molecular weight excluding hydrogens is 552 g/mol. The number of aryl methyl sites for hydroxylation is 1. The lowest BCUT2D eigenvalue weighted by Crippen LogP contribution is -2.30. The molecule has 1 fully saturated rings. The predicted molar refractivity (Wildman–Crippen MR) is 163 cm³/mol. The number of ether oxygens (including phenoxy) is 2. The van der Waals surface area contributed by atoms with Gasteiger partial charge in [0.25, 0.3) is 11.8 Å². The third-order valence-corrected chi connectivity index (χ3v) is 7.62. The average Bonchev–Trinajstić information content (AvgIpc) is 3.19. The van der Waals surface area contributed by atoms with Crippen molar-refractivity contribution in [3.63, 3.8) is 0 Å². The molecule has 0 saturated carbocycles. The van der Waals surface area contributed by atoms with Gasteiger partial charge in [-0.15, -0.1) is 0 Å². The normalized spacial score (nSPS) is 14.1. The summed E-state index contributed by atoms with van der Waals surface area (Å²) in [5, 5.41) is 3.08. The first-order chi connectivity index (χ1) is 18.9. The number of nitrogens with one attached hydrogen (secondary N) is 1. The van der Waals surface area contributed by atoms with Crippen molar-refractivity contribution in [1.29, 1.82) is 0 Å². The van der Waals surface area contributed by atoms with Gasteiger partial charge in [0.2, 0.25) is 0 Å². The zero-order valence-corrected chi connectivity index (χ0v) is 24.1. The molecule has 4 rings (SSSR count). The van der Waals surface area contributed by atoms with Crippen LogP contribution in [0.4, 0.5) is 5.69 Å². The zero-order valence-electron chi connectivity index (χ0n) is 21.7. The smallest absolute Gasteiger partial charge is 0.266 e. The van der Waals surface area contributed by atoms with Crippen LogP contribution in [0, 0.1) is 0 Å². The second-order valence-corrected chi connectivity index (χ2v) is 10.8. The minimum Gasteiger partial charge on any atom is -0.490 e. The quantitative estimate of drug-likeness (QED) is 0.200. The maximum absolute atomic E-state index is 13.1. The van der Waals surface area contributed by atoms with Crippen molar-refractivity contribution < 1.29 is 19.1 Å². The average molecular weight is 581 g/mol. The molecule has 1 saturated heterocycles. The number of thiocarbonyl (C=S) groups is 1. The highest BCUT2D eigenvalue weighted by Gasteiger charge is 2.31. The van der Waals surface area contributed by atoms with Crippen LogP contribution >= 0.6 is 35.6 Å². The summed E-state index contributed by atoms with van der Waals surface area (Å²) in [4.78, 5) is 27.7. The van der Waals surface area contributed by atoms with Crippen LogP contribution < -0.4 is 14.8 Å². The number of carbonyl (C=O) groups is 2. The van der Waals surface area contributed by atoms with Crippen LogP contribution in [0.5, 0.6) is 11.5 Å². The van der Waals surface area contributed by atoms with Crippen molar-refractivity contribution in [3.05, 3.63) is 93.3 Å². The lowest BCUT2D eigenvalue weighted by molar-refractivity contribution is -0.122. The monoisotopic (exact) mass is 580 g/mol. The van der Waals surface area contributed by atoms with E-state index in [9.17, 15) is 9.59 Å². The Morgan fingerprint density at radius 2 is 1.79 bits per heavy atom. The summed E-state index contributed by atoms with van der Waals surface area (Å²) in [6.45, 7) is 4.55. The van der Waals surface area contributed by atoms with E-state index in [0.29, 0.717) is 45.8 Å². The number of amides is 2. The SMILES string of the molecule is CCOc1cc(/C=C2\SC(=S)N(CCc3ccccc3)C2=O)cc(Cl)c1OCC(=O)Nc1ccc(CC)cc1. The topological polar surface area (TPSA) is 67.9 Å². The van der Waals surface area contributed by atoms with Gasteiger partial charge in [-0.2, -0.15) is 0 Å².